The number of nitrogens with zero attached hydrogens (tertiary/aromatic N) is 1. The number of esters is 1. The Labute approximate surface area is 107 Å². The van der Waals surface area contributed by atoms with Crippen LogP contribution in [0.5, 0.6) is 0 Å². The van der Waals surface area contributed by atoms with E-state index in [9.17, 15) is 14.9 Å². The SMILES string of the molecule is CCOC(=O)C(C)[N+](=O)[O-].[K]. The minimum atomic E-state index is -1.25. The van der Waals surface area contributed by atoms with Gasteiger partial charge in [0.2, 0.25) is 0 Å². The summed E-state index contributed by atoms with van der Waals surface area (Å²) in [6, 6.07) is -1.25. The van der Waals surface area contributed by atoms with Crippen molar-refractivity contribution in [1.29, 1.82) is 0 Å². The van der Waals surface area contributed by atoms with Crippen LogP contribution >= 0.6 is 0 Å². The molecule has 0 aromatic carbocycles. The molecule has 0 aliphatic heterocycles. The average Bonchev–Trinajstić information content (AvgIpc) is 1.87. The molecule has 0 saturated carbocycles. The summed E-state index contributed by atoms with van der Waals surface area (Å²) >= 11 is 0. The number of rotatable bonds is 3. The molecule has 0 aliphatic carbocycles. The van der Waals surface area contributed by atoms with Crippen molar-refractivity contribution in [2.75, 3.05) is 6.61 Å². The van der Waals surface area contributed by atoms with E-state index in [2.05, 4.69) is 4.74 Å². The molecule has 5 nitrogen and oxygen atoms in total. The Balaban J connectivity index is 0. The second-order valence-electron chi connectivity index (χ2n) is 1.71. The molecule has 0 amide bonds. The number of ether oxygens (including phenoxy) is 1. The smallest absolute Gasteiger partial charge is 0.381 e. The number of hydrogen-bond donors (Lipinski definition) is 0. The summed E-state index contributed by atoms with van der Waals surface area (Å²) in [6.07, 6.45) is 0. The van der Waals surface area contributed by atoms with Gasteiger partial charge in [-0.25, -0.2) is 4.79 Å². The van der Waals surface area contributed by atoms with Gasteiger partial charge in [-0.15, -0.1) is 0 Å². The second kappa shape index (κ2) is 7.17. The molecule has 0 rings (SSSR count). The quantitative estimate of drug-likeness (QED) is 0.265. The van der Waals surface area contributed by atoms with Crippen LogP contribution < -0.4 is 0 Å². The predicted molar refractivity (Wildman–Crippen MR) is 38.8 cm³/mol. The Morgan fingerprint density at radius 1 is 1.73 bits per heavy atom. The van der Waals surface area contributed by atoms with Crippen LogP contribution in [0, 0.1) is 10.1 Å². The molecule has 1 atom stereocenters. The normalized spacial score (nSPS) is 11.1. The zero-order valence-corrected chi connectivity index (χ0v) is 9.99. The third-order valence-electron chi connectivity index (χ3n) is 0.944. The van der Waals surface area contributed by atoms with Crippen molar-refractivity contribution in [3.8, 4) is 0 Å². The summed E-state index contributed by atoms with van der Waals surface area (Å²) in [5.74, 6) is -0.785. The van der Waals surface area contributed by atoms with Crippen molar-refractivity contribution in [1.82, 2.24) is 0 Å². The maximum Gasteiger partial charge on any atom is 0.381 e. The Kier molecular flexibility index (Phi) is 9.16. The Morgan fingerprint density at radius 3 is 2.45 bits per heavy atom. The monoisotopic (exact) mass is 186 g/mol. The average molecular weight is 186 g/mol. The van der Waals surface area contributed by atoms with Gasteiger partial charge < -0.3 is 4.74 Å². The number of hydrogen-bond acceptors (Lipinski definition) is 4. The van der Waals surface area contributed by atoms with E-state index in [1.807, 2.05) is 0 Å². The first kappa shape index (κ1) is 14.1. The Morgan fingerprint density at radius 2 is 2.18 bits per heavy atom. The molecule has 0 fully saturated rings. The molecule has 0 heterocycles. The third kappa shape index (κ3) is 5.74. The molecule has 1 unspecified atom stereocenters. The second-order valence-corrected chi connectivity index (χ2v) is 1.71. The summed E-state index contributed by atoms with van der Waals surface area (Å²) in [5.41, 5.74) is 0. The van der Waals surface area contributed by atoms with E-state index in [1.165, 1.54) is 6.92 Å². The number of carbonyl (C=O) groups excluding carboxylic acids is 1. The van der Waals surface area contributed by atoms with Crippen LogP contribution in [0.3, 0.4) is 0 Å². The van der Waals surface area contributed by atoms with Gasteiger partial charge in [-0.2, -0.15) is 0 Å². The van der Waals surface area contributed by atoms with Crippen molar-refractivity contribution in [3.05, 3.63) is 10.1 Å². The van der Waals surface area contributed by atoms with Gasteiger partial charge in [-0.1, -0.05) is 0 Å². The summed E-state index contributed by atoms with van der Waals surface area (Å²) in [7, 11) is 0. The molecule has 11 heavy (non-hydrogen) atoms. The molecule has 1 radical (unpaired) electrons. The van der Waals surface area contributed by atoms with Crippen molar-refractivity contribution in [2.24, 2.45) is 0 Å². The van der Waals surface area contributed by atoms with Crippen molar-refractivity contribution in [3.63, 3.8) is 0 Å². The van der Waals surface area contributed by atoms with Gasteiger partial charge in [0.1, 0.15) is 0 Å². The van der Waals surface area contributed by atoms with E-state index < -0.39 is 16.9 Å². The summed E-state index contributed by atoms with van der Waals surface area (Å²) in [6.45, 7) is 2.97. The summed E-state index contributed by atoms with van der Waals surface area (Å²) in [5, 5.41) is 9.92. The van der Waals surface area contributed by atoms with E-state index in [0.717, 1.165) is 0 Å². The van der Waals surface area contributed by atoms with Crippen LogP contribution in [0.4, 0.5) is 0 Å². The van der Waals surface area contributed by atoms with Crippen LogP contribution in [0.25, 0.3) is 0 Å². The maximum atomic E-state index is 10.5. The molecule has 0 N–H and O–H groups in total. The van der Waals surface area contributed by atoms with Gasteiger partial charge in [-0.3, -0.25) is 10.1 Å². The van der Waals surface area contributed by atoms with Crippen molar-refractivity contribution >= 4 is 57.4 Å². The van der Waals surface area contributed by atoms with Gasteiger partial charge in [0.05, 0.1) is 6.61 Å². The predicted octanol–water partition coefficient (Wildman–Crippen LogP) is -0.166. The molecule has 0 aliphatic rings. The molecule has 0 aromatic rings. The van der Waals surface area contributed by atoms with Gasteiger partial charge in [0, 0.05) is 63.2 Å². The van der Waals surface area contributed by atoms with Crippen LogP contribution in [-0.2, 0) is 9.53 Å². The maximum absolute atomic E-state index is 10.5. The van der Waals surface area contributed by atoms with E-state index in [-0.39, 0.29) is 58.0 Å². The minimum Gasteiger partial charge on any atom is -0.461 e. The Hall–Kier alpha value is 0.506. The molecular formula is C5H9KNO4. The first-order chi connectivity index (χ1) is 4.59. The van der Waals surface area contributed by atoms with Gasteiger partial charge in [-0.05, 0) is 6.92 Å². The van der Waals surface area contributed by atoms with Crippen molar-refractivity contribution < 1.29 is 14.5 Å². The zero-order chi connectivity index (χ0) is 8.15. The third-order valence-corrected chi connectivity index (χ3v) is 0.944. The number of carbonyl (C=O) groups is 1. The molecule has 59 valence electrons. The van der Waals surface area contributed by atoms with E-state index in [4.69, 9.17) is 0 Å². The first-order valence-corrected chi connectivity index (χ1v) is 2.89. The van der Waals surface area contributed by atoms with E-state index >= 15 is 0 Å². The number of nitro groups is 1. The van der Waals surface area contributed by atoms with Gasteiger partial charge >= 0.3 is 12.0 Å². The summed E-state index contributed by atoms with van der Waals surface area (Å²) < 4.78 is 4.38. The summed E-state index contributed by atoms with van der Waals surface area (Å²) in [4.78, 5) is 19.8. The first-order valence-electron chi connectivity index (χ1n) is 2.89. The molecular weight excluding hydrogens is 177 g/mol. The standard InChI is InChI=1S/C5H9NO4.K/c1-3-10-5(7)4(2)6(8)9;/h4H,3H2,1-2H3;. The van der Waals surface area contributed by atoms with Crippen LogP contribution in [0.2, 0.25) is 0 Å². The molecule has 6 heteroatoms. The molecule has 0 bridgehead atoms. The fourth-order valence-corrected chi connectivity index (χ4v) is 0.349. The van der Waals surface area contributed by atoms with Crippen LogP contribution in [-0.4, -0.2) is 74.9 Å². The van der Waals surface area contributed by atoms with Crippen LogP contribution in [0.15, 0.2) is 0 Å². The fraction of sp³-hybridized carbons (Fsp3) is 0.800. The zero-order valence-electron chi connectivity index (χ0n) is 6.86. The fourth-order valence-electron chi connectivity index (χ4n) is 0.349. The topological polar surface area (TPSA) is 69.4 Å². The largest absolute Gasteiger partial charge is 0.461 e. The minimum absolute atomic E-state index is 0. The van der Waals surface area contributed by atoms with Gasteiger partial charge in [0.15, 0.2) is 0 Å². The molecule has 0 saturated heterocycles. The van der Waals surface area contributed by atoms with E-state index in [1.54, 1.807) is 6.92 Å². The van der Waals surface area contributed by atoms with Crippen molar-refractivity contribution in [2.45, 2.75) is 19.9 Å². The molecule has 0 spiro atoms. The van der Waals surface area contributed by atoms with E-state index in [0.29, 0.717) is 0 Å². The van der Waals surface area contributed by atoms with Gasteiger partial charge in [0.25, 0.3) is 0 Å². The Bertz CT molecular complexity index is 149. The van der Waals surface area contributed by atoms with Crippen LogP contribution in [0.1, 0.15) is 13.8 Å². The molecule has 0 aromatic heterocycles.